The Labute approximate surface area is 107 Å². The standard InChI is InChI=1S/C15H17NS/c1-4-12(3)17-10-13-5-6-14-9-16-11(2)7-15(14)8-13/h4-9H,10H2,1-3H3/b12-4-. The molecule has 0 atom stereocenters. The van der Waals surface area contributed by atoms with E-state index in [1.54, 1.807) is 0 Å². The first kappa shape index (κ1) is 12.2. The lowest BCUT2D eigenvalue weighted by Crippen LogP contribution is -1.84. The zero-order valence-electron chi connectivity index (χ0n) is 10.5. The van der Waals surface area contributed by atoms with E-state index in [1.165, 1.54) is 21.2 Å². The molecule has 0 saturated heterocycles. The number of thioether (sulfide) groups is 1. The zero-order valence-corrected chi connectivity index (χ0v) is 11.3. The number of allylic oxidation sites excluding steroid dienone is 2. The number of pyridine rings is 1. The lowest BCUT2D eigenvalue weighted by Gasteiger charge is -2.04. The van der Waals surface area contributed by atoms with Gasteiger partial charge in [0.2, 0.25) is 0 Å². The van der Waals surface area contributed by atoms with Crippen molar-refractivity contribution in [1.29, 1.82) is 0 Å². The van der Waals surface area contributed by atoms with Crippen molar-refractivity contribution in [2.45, 2.75) is 26.5 Å². The molecule has 1 nitrogen and oxygen atoms in total. The third-order valence-electron chi connectivity index (χ3n) is 2.80. The van der Waals surface area contributed by atoms with Crippen LogP contribution in [0.3, 0.4) is 0 Å². The summed E-state index contributed by atoms with van der Waals surface area (Å²) in [4.78, 5) is 5.68. The highest BCUT2D eigenvalue weighted by molar-refractivity contribution is 8.02. The number of benzene rings is 1. The number of hydrogen-bond acceptors (Lipinski definition) is 2. The van der Waals surface area contributed by atoms with Crippen molar-refractivity contribution in [2.75, 3.05) is 0 Å². The van der Waals surface area contributed by atoms with E-state index >= 15 is 0 Å². The smallest absolute Gasteiger partial charge is 0.0379 e. The topological polar surface area (TPSA) is 12.9 Å². The van der Waals surface area contributed by atoms with E-state index in [1.807, 2.05) is 24.9 Å². The Bertz CT molecular complexity index is 558. The van der Waals surface area contributed by atoms with E-state index < -0.39 is 0 Å². The first-order chi connectivity index (χ1) is 8.19. The van der Waals surface area contributed by atoms with Crippen LogP contribution in [-0.4, -0.2) is 4.98 Å². The Morgan fingerprint density at radius 1 is 1.29 bits per heavy atom. The van der Waals surface area contributed by atoms with Crippen LogP contribution in [0.4, 0.5) is 0 Å². The van der Waals surface area contributed by atoms with E-state index in [4.69, 9.17) is 0 Å². The van der Waals surface area contributed by atoms with Crippen LogP contribution < -0.4 is 0 Å². The molecule has 88 valence electrons. The minimum absolute atomic E-state index is 1.04. The van der Waals surface area contributed by atoms with Gasteiger partial charge in [0.1, 0.15) is 0 Å². The number of fused-ring (bicyclic) bond motifs is 1. The summed E-state index contributed by atoms with van der Waals surface area (Å²) in [6.07, 6.45) is 4.10. The normalized spacial score (nSPS) is 12.1. The molecule has 0 aliphatic heterocycles. The van der Waals surface area contributed by atoms with Gasteiger partial charge in [-0.05, 0) is 42.7 Å². The molecule has 2 aromatic rings. The monoisotopic (exact) mass is 243 g/mol. The van der Waals surface area contributed by atoms with E-state index in [9.17, 15) is 0 Å². The first-order valence-corrected chi connectivity index (χ1v) is 6.78. The van der Waals surface area contributed by atoms with Crippen molar-refractivity contribution in [2.24, 2.45) is 0 Å². The molecule has 1 aromatic carbocycles. The van der Waals surface area contributed by atoms with Gasteiger partial charge < -0.3 is 0 Å². The fraction of sp³-hybridized carbons (Fsp3) is 0.267. The Kier molecular flexibility index (Phi) is 3.85. The van der Waals surface area contributed by atoms with Crippen LogP contribution in [0.1, 0.15) is 25.1 Å². The van der Waals surface area contributed by atoms with Crippen molar-refractivity contribution in [3.8, 4) is 0 Å². The fourth-order valence-corrected chi connectivity index (χ4v) is 2.41. The van der Waals surface area contributed by atoms with Crippen LogP contribution in [-0.2, 0) is 5.75 Å². The van der Waals surface area contributed by atoms with Gasteiger partial charge in [-0.1, -0.05) is 24.3 Å². The van der Waals surface area contributed by atoms with E-state index in [2.05, 4.69) is 49.2 Å². The van der Waals surface area contributed by atoms with E-state index in [0.717, 1.165) is 11.4 Å². The lowest BCUT2D eigenvalue weighted by atomic mass is 10.1. The minimum Gasteiger partial charge on any atom is -0.261 e. The highest BCUT2D eigenvalue weighted by Crippen LogP contribution is 2.23. The summed E-state index contributed by atoms with van der Waals surface area (Å²) in [5.74, 6) is 1.04. The summed E-state index contributed by atoms with van der Waals surface area (Å²) in [5.41, 5.74) is 2.45. The Hall–Kier alpha value is -1.28. The Morgan fingerprint density at radius 3 is 2.88 bits per heavy atom. The van der Waals surface area contributed by atoms with Crippen LogP contribution in [0.25, 0.3) is 10.8 Å². The van der Waals surface area contributed by atoms with Crippen molar-refractivity contribution < 1.29 is 0 Å². The predicted molar refractivity (Wildman–Crippen MR) is 77.2 cm³/mol. The van der Waals surface area contributed by atoms with Gasteiger partial charge in [0.25, 0.3) is 0 Å². The van der Waals surface area contributed by atoms with E-state index in [-0.39, 0.29) is 0 Å². The van der Waals surface area contributed by atoms with Gasteiger partial charge in [-0.15, -0.1) is 11.8 Å². The highest BCUT2D eigenvalue weighted by Gasteiger charge is 1.99. The second-order valence-corrected chi connectivity index (χ2v) is 5.42. The molecule has 2 heteroatoms. The Morgan fingerprint density at radius 2 is 2.12 bits per heavy atom. The Balaban J connectivity index is 2.25. The number of aryl methyl sites for hydroxylation is 1. The van der Waals surface area contributed by atoms with Crippen LogP contribution in [0, 0.1) is 6.92 Å². The number of rotatable bonds is 3. The molecular formula is C15H17NS. The lowest BCUT2D eigenvalue weighted by molar-refractivity contribution is 1.22. The van der Waals surface area contributed by atoms with Crippen LogP contribution >= 0.6 is 11.8 Å². The number of hydrogen-bond donors (Lipinski definition) is 0. The summed E-state index contributed by atoms with van der Waals surface area (Å²) in [6, 6.07) is 8.75. The molecule has 2 rings (SSSR count). The average Bonchev–Trinajstić information content (AvgIpc) is 2.35. The molecule has 0 radical (unpaired) electrons. The molecule has 1 heterocycles. The maximum atomic E-state index is 4.31. The maximum Gasteiger partial charge on any atom is 0.0379 e. The summed E-state index contributed by atoms with van der Waals surface area (Å²) >= 11 is 1.89. The average molecular weight is 243 g/mol. The molecule has 0 fully saturated rings. The first-order valence-electron chi connectivity index (χ1n) is 5.80. The number of nitrogens with zero attached hydrogens (tertiary/aromatic N) is 1. The predicted octanol–water partition coefficient (Wildman–Crippen LogP) is 4.70. The quantitative estimate of drug-likeness (QED) is 0.775. The minimum atomic E-state index is 1.04. The highest BCUT2D eigenvalue weighted by atomic mass is 32.2. The van der Waals surface area contributed by atoms with Crippen molar-refractivity contribution in [3.05, 3.63) is 52.7 Å². The second-order valence-electron chi connectivity index (χ2n) is 4.20. The zero-order chi connectivity index (χ0) is 12.3. The van der Waals surface area contributed by atoms with Gasteiger partial charge in [-0.2, -0.15) is 0 Å². The summed E-state index contributed by atoms with van der Waals surface area (Å²) < 4.78 is 0. The third-order valence-corrected chi connectivity index (χ3v) is 3.96. The molecule has 0 aliphatic rings. The van der Waals surface area contributed by atoms with Gasteiger partial charge in [-0.3, -0.25) is 4.98 Å². The van der Waals surface area contributed by atoms with Gasteiger partial charge in [0.05, 0.1) is 0 Å². The van der Waals surface area contributed by atoms with Crippen LogP contribution in [0.5, 0.6) is 0 Å². The van der Waals surface area contributed by atoms with Gasteiger partial charge in [0.15, 0.2) is 0 Å². The second kappa shape index (κ2) is 5.37. The SMILES string of the molecule is C/C=C(/C)SCc1ccc2cnc(C)cc2c1. The molecule has 17 heavy (non-hydrogen) atoms. The molecule has 0 aliphatic carbocycles. The molecule has 0 N–H and O–H groups in total. The molecule has 0 spiro atoms. The fourth-order valence-electron chi connectivity index (χ4n) is 1.67. The molecule has 1 aromatic heterocycles. The van der Waals surface area contributed by atoms with Crippen LogP contribution in [0.15, 0.2) is 41.4 Å². The van der Waals surface area contributed by atoms with Gasteiger partial charge >= 0.3 is 0 Å². The summed E-state index contributed by atoms with van der Waals surface area (Å²) in [6.45, 7) is 6.27. The van der Waals surface area contributed by atoms with Crippen molar-refractivity contribution in [3.63, 3.8) is 0 Å². The molecule has 0 saturated carbocycles. The van der Waals surface area contributed by atoms with Crippen LogP contribution in [0.2, 0.25) is 0 Å². The molecular weight excluding hydrogens is 226 g/mol. The summed E-state index contributed by atoms with van der Waals surface area (Å²) in [7, 11) is 0. The summed E-state index contributed by atoms with van der Waals surface area (Å²) in [5, 5.41) is 2.50. The molecule has 0 unspecified atom stereocenters. The van der Waals surface area contributed by atoms with Crippen molar-refractivity contribution >= 4 is 22.5 Å². The van der Waals surface area contributed by atoms with Gasteiger partial charge in [0, 0.05) is 23.0 Å². The molecule has 0 amide bonds. The largest absolute Gasteiger partial charge is 0.261 e. The third kappa shape index (κ3) is 3.10. The van der Waals surface area contributed by atoms with E-state index in [0.29, 0.717) is 0 Å². The van der Waals surface area contributed by atoms with Gasteiger partial charge in [-0.25, -0.2) is 0 Å². The van der Waals surface area contributed by atoms with Crippen molar-refractivity contribution in [1.82, 2.24) is 4.98 Å². The maximum absolute atomic E-state index is 4.31. The number of aromatic nitrogens is 1. The molecule has 0 bridgehead atoms.